The molecule has 0 spiro atoms. The number of rotatable bonds is 14. The summed E-state index contributed by atoms with van der Waals surface area (Å²) in [5.74, 6) is -2.41. The normalized spacial score (nSPS) is 11.2. The molecule has 0 aromatic carbocycles. The molecule has 0 amide bonds. The summed E-state index contributed by atoms with van der Waals surface area (Å²) in [5.41, 5.74) is 10.4. The Morgan fingerprint density at radius 3 is 1.46 bits per heavy atom. The molecule has 7 N–H and O–H groups in total. The average molecular weight is 348 g/mol. The van der Waals surface area contributed by atoms with Crippen LogP contribution in [-0.4, -0.2) is 45.8 Å². The second-order valence-electron chi connectivity index (χ2n) is 5.64. The van der Waals surface area contributed by atoms with E-state index in [4.69, 9.17) is 26.8 Å². The summed E-state index contributed by atoms with van der Waals surface area (Å²) < 4.78 is 0. The Morgan fingerprint density at radius 2 is 1.12 bits per heavy atom. The summed E-state index contributed by atoms with van der Waals surface area (Å²) in [5, 5.41) is 25.0. The van der Waals surface area contributed by atoms with Crippen LogP contribution in [0.15, 0.2) is 0 Å². The molecule has 1 atom stereocenters. The molecule has 0 rings (SSSR count). The van der Waals surface area contributed by atoms with Gasteiger partial charge >= 0.3 is 17.9 Å². The van der Waals surface area contributed by atoms with Gasteiger partial charge in [-0.2, -0.15) is 0 Å². The number of hydrogen-bond acceptors (Lipinski definition) is 5. The molecule has 0 saturated heterocycles. The van der Waals surface area contributed by atoms with Gasteiger partial charge in [0.1, 0.15) is 6.04 Å². The maximum atomic E-state index is 10.1. The van der Waals surface area contributed by atoms with Crippen molar-refractivity contribution in [2.45, 2.75) is 76.7 Å². The smallest absolute Gasteiger partial charge is 0.320 e. The quantitative estimate of drug-likeness (QED) is 0.296. The zero-order chi connectivity index (χ0) is 18.8. The van der Waals surface area contributed by atoms with Crippen LogP contribution < -0.4 is 11.5 Å². The van der Waals surface area contributed by atoms with Crippen molar-refractivity contribution in [3.8, 4) is 0 Å². The lowest BCUT2D eigenvalue weighted by Gasteiger charge is -2.03. The molecular formula is C16H32N2O6. The van der Waals surface area contributed by atoms with Gasteiger partial charge < -0.3 is 26.8 Å². The van der Waals surface area contributed by atoms with E-state index in [1.807, 2.05) is 0 Å². The largest absolute Gasteiger partial charge is 0.481 e. The standard InChI is InChI=1S/C10H18O4.C6H14N2O2/c11-9(12)7-5-3-1-2-4-6-8-10(13)14;7-4-2-1-3-5(8)6(9)10/h1-8H2,(H,11,12)(H,13,14);5H,1-4,7-8H2,(H,9,10)/t;5-/m.0/s1. The Morgan fingerprint density at radius 1 is 0.708 bits per heavy atom. The highest BCUT2D eigenvalue weighted by Gasteiger charge is 2.09. The Labute approximate surface area is 143 Å². The first-order chi connectivity index (χ1) is 11.3. The fourth-order valence-electron chi connectivity index (χ4n) is 1.89. The van der Waals surface area contributed by atoms with Gasteiger partial charge in [-0.3, -0.25) is 14.4 Å². The molecule has 0 aromatic heterocycles. The first-order valence-electron chi connectivity index (χ1n) is 8.43. The first kappa shape index (κ1) is 24.6. The Hall–Kier alpha value is -1.67. The minimum atomic E-state index is -0.933. The summed E-state index contributed by atoms with van der Waals surface area (Å²) in [4.78, 5) is 30.4. The van der Waals surface area contributed by atoms with Gasteiger partial charge in [-0.25, -0.2) is 0 Å². The molecule has 24 heavy (non-hydrogen) atoms. The van der Waals surface area contributed by atoms with Gasteiger partial charge in [0.25, 0.3) is 0 Å². The van der Waals surface area contributed by atoms with Crippen molar-refractivity contribution in [3.63, 3.8) is 0 Å². The molecule has 8 nitrogen and oxygen atoms in total. The first-order valence-corrected chi connectivity index (χ1v) is 8.43. The minimum Gasteiger partial charge on any atom is -0.481 e. The van der Waals surface area contributed by atoms with E-state index in [0.717, 1.165) is 51.4 Å². The van der Waals surface area contributed by atoms with Gasteiger partial charge in [-0.15, -0.1) is 0 Å². The van der Waals surface area contributed by atoms with Crippen molar-refractivity contribution < 1.29 is 29.7 Å². The maximum absolute atomic E-state index is 10.1. The van der Waals surface area contributed by atoms with Crippen molar-refractivity contribution in [1.29, 1.82) is 0 Å². The number of carboxylic acids is 3. The number of nitrogens with two attached hydrogens (primary N) is 2. The number of unbranched alkanes of at least 4 members (excludes halogenated alkanes) is 6. The van der Waals surface area contributed by atoms with Gasteiger partial charge in [0.15, 0.2) is 0 Å². The van der Waals surface area contributed by atoms with Crippen LogP contribution >= 0.6 is 0 Å². The van der Waals surface area contributed by atoms with Gasteiger partial charge in [-0.1, -0.05) is 32.1 Å². The molecule has 0 bridgehead atoms. The molecule has 0 aliphatic carbocycles. The molecule has 8 heteroatoms. The molecule has 0 unspecified atom stereocenters. The molecule has 0 aliphatic heterocycles. The van der Waals surface area contributed by atoms with Gasteiger partial charge in [-0.05, 0) is 32.2 Å². The van der Waals surface area contributed by atoms with Crippen molar-refractivity contribution in [3.05, 3.63) is 0 Å². The van der Waals surface area contributed by atoms with Crippen LogP contribution in [0, 0.1) is 0 Å². The number of carboxylic acid groups (broad SMARTS) is 3. The summed E-state index contributed by atoms with van der Waals surface area (Å²) >= 11 is 0. The highest BCUT2D eigenvalue weighted by atomic mass is 16.4. The SMILES string of the molecule is NCCCC[C@H](N)C(=O)O.O=C(O)CCCCCCCCC(=O)O. The second kappa shape index (κ2) is 17.7. The molecule has 0 aliphatic rings. The molecule has 0 heterocycles. The number of aliphatic carboxylic acids is 3. The number of hydrogen-bond donors (Lipinski definition) is 5. The van der Waals surface area contributed by atoms with Crippen LogP contribution in [0.1, 0.15) is 70.6 Å². The van der Waals surface area contributed by atoms with E-state index in [-0.39, 0.29) is 12.8 Å². The van der Waals surface area contributed by atoms with E-state index < -0.39 is 23.9 Å². The van der Waals surface area contributed by atoms with E-state index >= 15 is 0 Å². The van der Waals surface area contributed by atoms with Crippen LogP contribution in [0.5, 0.6) is 0 Å². The Balaban J connectivity index is 0. The zero-order valence-electron chi connectivity index (χ0n) is 14.3. The molecule has 0 fully saturated rings. The summed E-state index contributed by atoms with van der Waals surface area (Å²) in [7, 11) is 0. The molecule has 142 valence electrons. The number of carbonyl (C=O) groups is 3. The maximum Gasteiger partial charge on any atom is 0.320 e. The fraction of sp³-hybridized carbons (Fsp3) is 0.812. The minimum absolute atomic E-state index is 0.245. The summed E-state index contributed by atoms with van der Waals surface area (Å²) in [6, 6.07) is -0.716. The highest BCUT2D eigenvalue weighted by molar-refractivity contribution is 5.72. The monoisotopic (exact) mass is 348 g/mol. The van der Waals surface area contributed by atoms with Crippen LogP contribution in [0.25, 0.3) is 0 Å². The van der Waals surface area contributed by atoms with Crippen molar-refractivity contribution >= 4 is 17.9 Å². The van der Waals surface area contributed by atoms with Gasteiger partial charge in [0, 0.05) is 12.8 Å². The van der Waals surface area contributed by atoms with Crippen LogP contribution in [0.2, 0.25) is 0 Å². The predicted molar refractivity (Wildman–Crippen MR) is 90.7 cm³/mol. The van der Waals surface area contributed by atoms with Crippen LogP contribution in [0.3, 0.4) is 0 Å². The summed E-state index contributed by atoms with van der Waals surface area (Å²) in [6.07, 6.45) is 7.99. The molecule has 0 saturated carbocycles. The molecule has 0 radical (unpaired) electrons. The molecule has 0 aromatic rings. The lowest BCUT2D eigenvalue weighted by molar-refractivity contribution is -0.139. The third-order valence-corrected chi connectivity index (χ3v) is 3.32. The Bertz CT molecular complexity index is 329. The third kappa shape index (κ3) is 22.6. The zero-order valence-corrected chi connectivity index (χ0v) is 14.3. The third-order valence-electron chi connectivity index (χ3n) is 3.32. The van der Waals surface area contributed by atoms with Gasteiger partial charge in [0.05, 0.1) is 0 Å². The Kier molecular flexibility index (Phi) is 18.1. The second-order valence-corrected chi connectivity index (χ2v) is 5.64. The lowest BCUT2D eigenvalue weighted by atomic mass is 10.1. The van der Waals surface area contributed by atoms with E-state index in [0.29, 0.717) is 13.0 Å². The van der Waals surface area contributed by atoms with Crippen molar-refractivity contribution in [2.24, 2.45) is 11.5 Å². The van der Waals surface area contributed by atoms with E-state index in [1.54, 1.807) is 0 Å². The lowest BCUT2D eigenvalue weighted by Crippen LogP contribution is -2.29. The predicted octanol–water partition coefficient (Wildman–Crippen LogP) is 1.80. The van der Waals surface area contributed by atoms with E-state index in [1.165, 1.54) is 0 Å². The summed E-state index contributed by atoms with van der Waals surface area (Å²) in [6.45, 7) is 0.604. The van der Waals surface area contributed by atoms with Crippen LogP contribution in [-0.2, 0) is 14.4 Å². The van der Waals surface area contributed by atoms with Crippen molar-refractivity contribution in [1.82, 2.24) is 0 Å². The van der Waals surface area contributed by atoms with Crippen molar-refractivity contribution in [2.75, 3.05) is 6.54 Å². The molecular weight excluding hydrogens is 316 g/mol. The highest BCUT2D eigenvalue weighted by Crippen LogP contribution is 2.08. The van der Waals surface area contributed by atoms with E-state index in [2.05, 4.69) is 0 Å². The topological polar surface area (TPSA) is 164 Å². The average Bonchev–Trinajstić information content (AvgIpc) is 2.50. The van der Waals surface area contributed by atoms with Crippen LogP contribution in [0.4, 0.5) is 0 Å². The fourth-order valence-corrected chi connectivity index (χ4v) is 1.89. The van der Waals surface area contributed by atoms with Gasteiger partial charge in [0.2, 0.25) is 0 Å². The van der Waals surface area contributed by atoms with E-state index in [9.17, 15) is 14.4 Å².